The van der Waals surface area contributed by atoms with Crippen molar-refractivity contribution in [1.82, 2.24) is 0 Å². The summed E-state index contributed by atoms with van der Waals surface area (Å²) in [5.41, 5.74) is 0.944. The second kappa shape index (κ2) is 8.86. The Kier molecular flexibility index (Phi) is 6.68. The monoisotopic (exact) mass is 428 g/mol. The Bertz CT molecular complexity index is 680. The lowest BCUT2D eigenvalue weighted by Crippen LogP contribution is -2.52. The number of rotatable bonds is 6. The van der Waals surface area contributed by atoms with E-state index in [1.165, 1.54) is 51.4 Å². The minimum atomic E-state index is -0.112. The summed E-state index contributed by atoms with van der Waals surface area (Å²) in [6.45, 7) is 14.1. The lowest BCUT2D eigenvalue weighted by Gasteiger charge is -2.59. The smallest absolute Gasteiger partial charge is 0.302 e. The van der Waals surface area contributed by atoms with E-state index in [0.717, 1.165) is 48.3 Å². The summed E-state index contributed by atoms with van der Waals surface area (Å²) < 4.78 is 5.62. The van der Waals surface area contributed by atoms with Gasteiger partial charge in [-0.05, 0) is 97.2 Å². The van der Waals surface area contributed by atoms with Gasteiger partial charge in [-0.3, -0.25) is 4.79 Å². The van der Waals surface area contributed by atoms with Gasteiger partial charge in [-0.25, -0.2) is 0 Å². The highest BCUT2D eigenvalue weighted by Crippen LogP contribution is 2.67. The number of fused-ring (bicyclic) bond motifs is 5. The van der Waals surface area contributed by atoms with Gasteiger partial charge in [0.05, 0.1) is 0 Å². The molecule has 0 spiro atoms. The molecule has 0 saturated heterocycles. The van der Waals surface area contributed by atoms with Gasteiger partial charge in [0.15, 0.2) is 0 Å². The van der Waals surface area contributed by atoms with Crippen LogP contribution in [0.3, 0.4) is 0 Å². The molecule has 3 saturated carbocycles. The Morgan fingerprint density at radius 1 is 0.968 bits per heavy atom. The largest absolute Gasteiger partial charge is 0.463 e. The van der Waals surface area contributed by atoms with E-state index in [4.69, 9.17) is 4.74 Å². The number of hydrogen-bond donors (Lipinski definition) is 0. The minimum absolute atomic E-state index is 0.112. The zero-order valence-electron chi connectivity index (χ0n) is 21.2. The molecule has 0 amide bonds. The van der Waals surface area contributed by atoms with E-state index in [9.17, 15) is 4.79 Å². The van der Waals surface area contributed by atoms with Crippen molar-refractivity contribution < 1.29 is 9.53 Å². The Hall–Kier alpha value is -0.790. The van der Waals surface area contributed by atoms with Gasteiger partial charge in [0.2, 0.25) is 0 Å². The van der Waals surface area contributed by atoms with Crippen LogP contribution in [0.15, 0.2) is 12.2 Å². The van der Waals surface area contributed by atoms with E-state index >= 15 is 0 Å². The second-order valence-electron chi connectivity index (χ2n) is 12.8. The molecule has 0 aromatic rings. The average Bonchev–Trinajstić information content (AvgIpc) is 3.05. The van der Waals surface area contributed by atoms with Crippen LogP contribution in [0.1, 0.15) is 106 Å². The topological polar surface area (TPSA) is 26.3 Å². The fraction of sp³-hybridized carbons (Fsp3) is 0.897. The van der Waals surface area contributed by atoms with E-state index < -0.39 is 0 Å². The van der Waals surface area contributed by atoms with Crippen LogP contribution in [0.25, 0.3) is 0 Å². The molecule has 9 atom stereocenters. The molecule has 0 unspecified atom stereocenters. The molecule has 0 aliphatic heterocycles. The minimum Gasteiger partial charge on any atom is -0.463 e. The van der Waals surface area contributed by atoms with E-state index in [0.29, 0.717) is 16.7 Å². The average molecular weight is 429 g/mol. The van der Waals surface area contributed by atoms with Gasteiger partial charge < -0.3 is 4.74 Å². The highest BCUT2D eigenvalue weighted by molar-refractivity contribution is 5.66. The summed E-state index contributed by atoms with van der Waals surface area (Å²) in [5.74, 6) is 5.59. The Morgan fingerprint density at radius 3 is 2.39 bits per heavy atom. The number of carbonyl (C=O) groups excluding carboxylic acids is 1. The van der Waals surface area contributed by atoms with Gasteiger partial charge >= 0.3 is 5.97 Å². The molecule has 0 aromatic carbocycles. The molecule has 0 radical (unpaired) electrons. The first-order valence-corrected chi connectivity index (χ1v) is 13.5. The maximum atomic E-state index is 11.5. The van der Waals surface area contributed by atoms with Crippen LogP contribution in [-0.4, -0.2) is 12.1 Å². The molecule has 4 aliphatic carbocycles. The fourth-order valence-electron chi connectivity index (χ4n) is 8.95. The molecular formula is C29H48O2. The highest BCUT2D eigenvalue weighted by atomic mass is 16.5. The van der Waals surface area contributed by atoms with Gasteiger partial charge in [-0.15, -0.1) is 0 Å². The van der Waals surface area contributed by atoms with E-state index in [2.05, 4.69) is 46.8 Å². The number of ether oxygens (including phenoxy) is 1. The van der Waals surface area contributed by atoms with Gasteiger partial charge in [0.1, 0.15) is 6.10 Å². The van der Waals surface area contributed by atoms with Crippen LogP contribution in [0.2, 0.25) is 0 Å². The molecule has 0 heterocycles. The third-order valence-electron chi connectivity index (χ3n) is 10.6. The Morgan fingerprint density at radius 2 is 1.68 bits per heavy atom. The summed E-state index contributed by atoms with van der Waals surface area (Å²) in [5, 5.41) is 0. The lowest BCUT2D eigenvalue weighted by atomic mass is 9.46. The van der Waals surface area contributed by atoms with Crippen molar-refractivity contribution in [2.24, 2.45) is 52.3 Å². The molecule has 0 N–H and O–H groups in total. The van der Waals surface area contributed by atoms with Crippen molar-refractivity contribution in [2.75, 3.05) is 0 Å². The normalized spacial score (nSPS) is 45.0. The van der Waals surface area contributed by atoms with Crippen molar-refractivity contribution in [3.63, 3.8) is 0 Å². The van der Waals surface area contributed by atoms with Gasteiger partial charge in [-0.2, -0.15) is 0 Å². The van der Waals surface area contributed by atoms with Crippen LogP contribution >= 0.6 is 0 Å². The van der Waals surface area contributed by atoms with E-state index in [-0.39, 0.29) is 12.1 Å². The third-order valence-corrected chi connectivity index (χ3v) is 10.6. The predicted molar refractivity (Wildman–Crippen MR) is 129 cm³/mol. The summed E-state index contributed by atoms with van der Waals surface area (Å²) in [7, 11) is 0. The predicted octanol–water partition coefficient (Wildman–Crippen LogP) is 7.82. The highest BCUT2D eigenvalue weighted by Gasteiger charge is 2.59. The summed E-state index contributed by atoms with van der Waals surface area (Å²) in [6.07, 6.45) is 18.6. The second-order valence-corrected chi connectivity index (χ2v) is 12.8. The fourth-order valence-corrected chi connectivity index (χ4v) is 8.95. The van der Waals surface area contributed by atoms with Crippen LogP contribution in [0.4, 0.5) is 0 Å². The number of allylic oxidation sites excluding steroid dienone is 2. The molecule has 2 heteroatoms. The van der Waals surface area contributed by atoms with Crippen LogP contribution in [0, 0.1) is 52.3 Å². The first kappa shape index (κ1) is 23.4. The maximum Gasteiger partial charge on any atom is 0.302 e. The van der Waals surface area contributed by atoms with Crippen molar-refractivity contribution in [3.05, 3.63) is 12.2 Å². The van der Waals surface area contributed by atoms with Crippen molar-refractivity contribution in [3.8, 4) is 0 Å². The lowest BCUT2D eigenvalue weighted by molar-refractivity contribution is -0.153. The molecule has 4 aliphatic rings. The summed E-state index contributed by atoms with van der Waals surface area (Å²) in [6, 6.07) is 0. The van der Waals surface area contributed by atoms with Crippen LogP contribution < -0.4 is 0 Å². The molecule has 176 valence electrons. The number of hydrogen-bond acceptors (Lipinski definition) is 2. The Balaban J connectivity index is 1.47. The first-order valence-electron chi connectivity index (χ1n) is 13.5. The number of carbonyl (C=O) groups is 1. The van der Waals surface area contributed by atoms with Crippen molar-refractivity contribution >= 4 is 5.97 Å². The molecule has 31 heavy (non-hydrogen) atoms. The molecule has 3 fully saturated rings. The van der Waals surface area contributed by atoms with Crippen LogP contribution in [0.5, 0.6) is 0 Å². The van der Waals surface area contributed by atoms with Gasteiger partial charge in [0.25, 0.3) is 0 Å². The maximum absolute atomic E-state index is 11.5. The summed E-state index contributed by atoms with van der Waals surface area (Å²) >= 11 is 0. The zero-order valence-corrected chi connectivity index (χ0v) is 21.2. The van der Waals surface area contributed by atoms with Gasteiger partial charge in [-0.1, -0.05) is 66.0 Å². The van der Waals surface area contributed by atoms with Crippen molar-refractivity contribution in [2.45, 2.75) is 112 Å². The molecular weight excluding hydrogens is 380 g/mol. The molecule has 4 rings (SSSR count). The molecule has 0 aromatic heterocycles. The van der Waals surface area contributed by atoms with E-state index in [1.807, 2.05) is 0 Å². The standard InChI is InChI=1S/C29H48O2/c1-19(2)8-7-9-20(3)25-12-13-26-24-11-10-22-18-23(31-21(4)30)14-16-28(22,5)27(24)15-17-29(25,26)6/h10-11,19-20,22-27H,7-9,12-18H2,1-6H3/t20-,22+,23-,24-,25-,26-,27-,28+,29+/m1/s1. The first-order chi connectivity index (χ1) is 14.6. The Labute approximate surface area is 192 Å². The SMILES string of the molecule is CC(=O)O[C@@H]1CC[C@]2(C)[C@@H]3CC[C@]4(C)[C@H](CC[C@@H]4[C@H](C)CCCC(C)C)[C@H]3C=C[C@H]2C1. The molecule has 0 bridgehead atoms. The van der Waals surface area contributed by atoms with Crippen molar-refractivity contribution in [1.29, 1.82) is 0 Å². The van der Waals surface area contributed by atoms with E-state index in [1.54, 1.807) is 6.92 Å². The van der Waals surface area contributed by atoms with Gasteiger partial charge in [0, 0.05) is 6.92 Å². The molecule has 2 nitrogen and oxygen atoms in total. The summed E-state index contributed by atoms with van der Waals surface area (Å²) in [4.78, 5) is 11.5. The quantitative estimate of drug-likeness (QED) is 0.318. The number of esters is 1. The third kappa shape index (κ3) is 4.26. The van der Waals surface area contributed by atoms with Crippen LogP contribution in [-0.2, 0) is 9.53 Å². The zero-order chi connectivity index (χ0) is 22.4.